The molecule has 0 fully saturated rings. The Hall–Kier alpha value is -0.520. The van der Waals surface area contributed by atoms with E-state index in [2.05, 4.69) is 21.4 Å². The van der Waals surface area contributed by atoms with Crippen LogP contribution in [0.4, 0.5) is 0 Å². The molecule has 0 aliphatic rings. The predicted molar refractivity (Wildman–Crippen MR) is 76.6 cm³/mol. The van der Waals surface area contributed by atoms with Crippen LogP contribution in [0.1, 0.15) is 17.2 Å². The van der Waals surface area contributed by atoms with Gasteiger partial charge in [0.05, 0.1) is 12.3 Å². The highest BCUT2D eigenvalue weighted by atomic mass is 79.9. The van der Waals surface area contributed by atoms with Crippen molar-refractivity contribution in [1.29, 1.82) is 0 Å². The molecule has 3 nitrogen and oxygen atoms in total. The van der Waals surface area contributed by atoms with E-state index in [0.717, 1.165) is 11.1 Å². The Labute approximate surface area is 123 Å². The van der Waals surface area contributed by atoms with E-state index in [1.54, 1.807) is 18.4 Å². The van der Waals surface area contributed by atoms with Gasteiger partial charge in [-0.1, -0.05) is 29.3 Å². The summed E-state index contributed by atoms with van der Waals surface area (Å²) in [6.07, 6.45) is 2.25. The van der Waals surface area contributed by atoms with Crippen molar-refractivity contribution in [2.75, 3.05) is 0 Å². The van der Waals surface area contributed by atoms with Crippen LogP contribution >= 0.6 is 39.1 Å². The third-order valence-corrected chi connectivity index (χ3v) is 3.89. The van der Waals surface area contributed by atoms with Gasteiger partial charge in [0.15, 0.2) is 4.67 Å². The quantitative estimate of drug-likeness (QED) is 0.645. The lowest BCUT2D eigenvalue weighted by atomic mass is 10.0. The number of benzene rings is 1. The van der Waals surface area contributed by atoms with Crippen LogP contribution in [0.15, 0.2) is 39.6 Å². The zero-order valence-electron chi connectivity index (χ0n) is 9.29. The molecular formula is C12H11BrCl2N2O. The average molecular weight is 350 g/mol. The monoisotopic (exact) mass is 348 g/mol. The average Bonchev–Trinajstić information content (AvgIpc) is 2.75. The lowest BCUT2D eigenvalue weighted by molar-refractivity contribution is 0.507. The molecule has 0 spiro atoms. The van der Waals surface area contributed by atoms with Gasteiger partial charge in [-0.2, -0.15) is 0 Å². The van der Waals surface area contributed by atoms with Crippen LogP contribution < -0.4 is 11.3 Å². The van der Waals surface area contributed by atoms with Gasteiger partial charge in [-0.25, -0.2) is 0 Å². The molecule has 3 N–H and O–H groups in total. The van der Waals surface area contributed by atoms with E-state index in [4.69, 9.17) is 33.5 Å². The third-order valence-electron chi connectivity index (χ3n) is 2.66. The summed E-state index contributed by atoms with van der Waals surface area (Å²) >= 11 is 15.3. The Balaban J connectivity index is 2.23. The van der Waals surface area contributed by atoms with Crippen molar-refractivity contribution in [3.05, 3.63) is 56.4 Å². The molecular weight excluding hydrogens is 339 g/mol. The van der Waals surface area contributed by atoms with Gasteiger partial charge in [-0.3, -0.25) is 11.3 Å². The molecule has 0 saturated heterocycles. The zero-order chi connectivity index (χ0) is 13.1. The molecule has 0 radical (unpaired) electrons. The van der Waals surface area contributed by atoms with Crippen LogP contribution in [-0.4, -0.2) is 0 Å². The summed E-state index contributed by atoms with van der Waals surface area (Å²) in [6.45, 7) is 0. The molecule has 1 unspecified atom stereocenters. The van der Waals surface area contributed by atoms with Crippen LogP contribution in [0, 0.1) is 0 Å². The minimum Gasteiger partial charge on any atom is -0.457 e. The van der Waals surface area contributed by atoms with Crippen molar-refractivity contribution < 1.29 is 4.42 Å². The van der Waals surface area contributed by atoms with Crippen LogP contribution in [0.5, 0.6) is 0 Å². The van der Waals surface area contributed by atoms with E-state index in [1.165, 1.54) is 0 Å². The van der Waals surface area contributed by atoms with Crippen LogP contribution in [-0.2, 0) is 6.42 Å². The fourth-order valence-electron chi connectivity index (χ4n) is 1.72. The van der Waals surface area contributed by atoms with E-state index in [9.17, 15) is 0 Å². The molecule has 2 rings (SSSR count). The molecule has 96 valence electrons. The second-order valence-electron chi connectivity index (χ2n) is 3.81. The highest BCUT2D eigenvalue weighted by molar-refractivity contribution is 9.10. The fraction of sp³-hybridized carbons (Fsp3) is 0.167. The summed E-state index contributed by atoms with van der Waals surface area (Å²) in [5, 5.41) is 1.24. The zero-order valence-corrected chi connectivity index (χ0v) is 12.4. The first-order valence-electron chi connectivity index (χ1n) is 5.24. The van der Waals surface area contributed by atoms with Gasteiger partial charge in [0.25, 0.3) is 0 Å². The van der Waals surface area contributed by atoms with Crippen LogP contribution in [0.3, 0.4) is 0 Å². The second kappa shape index (κ2) is 6.08. The largest absolute Gasteiger partial charge is 0.457 e. The maximum Gasteiger partial charge on any atom is 0.173 e. The molecule has 2 aromatic rings. The number of hydrogen-bond donors (Lipinski definition) is 2. The molecule has 0 aliphatic heterocycles. The van der Waals surface area contributed by atoms with Crippen molar-refractivity contribution in [1.82, 2.24) is 5.43 Å². The van der Waals surface area contributed by atoms with E-state index in [0.29, 0.717) is 21.1 Å². The molecule has 6 heteroatoms. The van der Waals surface area contributed by atoms with Gasteiger partial charge < -0.3 is 4.42 Å². The van der Waals surface area contributed by atoms with Crippen molar-refractivity contribution in [2.24, 2.45) is 5.84 Å². The Morgan fingerprint density at radius 3 is 2.67 bits per heavy atom. The maximum absolute atomic E-state index is 6.14. The van der Waals surface area contributed by atoms with Crippen LogP contribution in [0.25, 0.3) is 0 Å². The number of nitrogens with one attached hydrogen (secondary N) is 1. The summed E-state index contributed by atoms with van der Waals surface area (Å²) < 4.78 is 5.86. The van der Waals surface area contributed by atoms with Gasteiger partial charge >= 0.3 is 0 Å². The summed E-state index contributed by atoms with van der Waals surface area (Å²) in [7, 11) is 0. The van der Waals surface area contributed by atoms with Gasteiger partial charge in [-0.15, -0.1) is 0 Å². The van der Waals surface area contributed by atoms with Gasteiger partial charge in [0.1, 0.15) is 0 Å². The molecule has 0 amide bonds. The number of nitrogens with two attached hydrogens (primary N) is 1. The normalized spacial score (nSPS) is 12.7. The maximum atomic E-state index is 6.14. The van der Waals surface area contributed by atoms with E-state index in [-0.39, 0.29) is 6.04 Å². The summed E-state index contributed by atoms with van der Waals surface area (Å²) in [5.41, 5.74) is 4.67. The van der Waals surface area contributed by atoms with Gasteiger partial charge in [0, 0.05) is 15.6 Å². The number of halogens is 3. The smallest absolute Gasteiger partial charge is 0.173 e. The standard InChI is InChI=1S/C12H11BrCl2N2O/c13-12-9(3-4-18-12)11(17-16)5-7-1-2-8(14)6-10(7)15/h1-4,6,11,17H,5,16H2. The Morgan fingerprint density at radius 2 is 2.11 bits per heavy atom. The van der Waals surface area contributed by atoms with E-state index < -0.39 is 0 Å². The highest BCUT2D eigenvalue weighted by Gasteiger charge is 2.17. The van der Waals surface area contributed by atoms with Crippen molar-refractivity contribution >= 4 is 39.1 Å². The lowest BCUT2D eigenvalue weighted by Gasteiger charge is -2.15. The number of hydrazine groups is 1. The lowest BCUT2D eigenvalue weighted by Crippen LogP contribution is -2.29. The summed E-state index contributed by atoms with van der Waals surface area (Å²) in [4.78, 5) is 0. The minimum absolute atomic E-state index is 0.0863. The highest BCUT2D eigenvalue weighted by Crippen LogP contribution is 2.29. The first-order chi connectivity index (χ1) is 8.61. The van der Waals surface area contributed by atoms with Crippen LogP contribution in [0.2, 0.25) is 10.0 Å². The van der Waals surface area contributed by atoms with Crippen molar-refractivity contribution in [3.8, 4) is 0 Å². The topological polar surface area (TPSA) is 51.2 Å². The minimum atomic E-state index is -0.0863. The molecule has 1 aromatic carbocycles. The third kappa shape index (κ3) is 3.08. The molecule has 0 bridgehead atoms. The first kappa shape index (κ1) is 13.9. The SMILES string of the molecule is NNC(Cc1ccc(Cl)cc1Cl)c1ccoc1Br. The van der Waals surface area contributed by atoms with Gasteiger partial charge in [0.2, 0.25) is 0 Å². The number of rotatable bonds is 4. The van der Waals surface area contributed by atoms with Gasteiger partial charge in [-0.05, 0) is 46.1 Å². The predicted octanol–water partition coefficient (Wildman–Crippen LogP) is 4.10. The Morgan fingerprint density at radius 1 is 1.33 bits per heavy atom. The van der Waals surface area contributed by atoms with Crippen molar-refractivity contribution in [3.63, 3.8) is 0 Å². The fourth-order valence-corrected chi connectivity index (χ4v) is 2.72. The molecule has 1 aromatic heterocycles. The first-order valence-corrected chi connectivity index (χ1v) is 6.79. The second-order valence-corrected chi connectivity index (χ2v) is 5.37. The Bertz CT molecular complexity index is 545. The molecule has 1 atom stereocenters. The van der Waals surface area contributed by atoms with E-state index >= 15 is 0 Å². The number of hydrogen-bond acceptors (Lipinski definition) is 3. The molecule has 18 heavy (non-hydrogen) atoms. The molecule has 0 aliphatic carbocycles. The molecule has 0 saturated carbocycles. The number of furan rings is 1. The summed E-state index contributed by atoms with van der Waals surface area (Å²) in [5.74, 6) is 5.58. The van der Waals surface area contributed by atoms with Crippen molar-refractivity contribution in [2.45, 2.75) is 12.5 Å². The Kier molecular flexibility index (Phi) is 4.70. The summed E-state index contributed by atoms with van der Waals surface area (Å²) in [6, 6.07) is 7.19. The van der Waals surface area contributed by atoms with E-state index in [1.807, 2.05) is 12.1 Å². The molecule has 1 heterocycles.